The molecule has 0 radical (unpaired) electrons. The van der Waals surface area contributed by atoms with Crippen LogP contribution in [0.15, 0.2) is 16.8 Å². The van der Waals surface area contributed by atoms with Crippen molar-refractivity contribution in [2.45, 2.75) is 44.6 Å². The number of hydrogen-bond acceptors (Lipinski definition) is 4. The molecule has 2 aromatic rings. The van der Waals surface area contributed by atoms with Gasteiger partial charge in [0.1, 0.15) is 16.4 Å². The standard InChI is InChI=1S/C15H21ClN4OS/c1-22(2,21)19-12-9-13(16)18-15-14(12)17-10-20(15)11-7-5-3-4-6-8-11/h9-11H,3-8H2,1-2H3. The first-order valence-corrected chi connectivity index (χ1v) is 10.4. The van der Waals surface area contributed by atoms with E-state index in [1.807, 2.05) is 6.33 Å². The van der Waals surface area contributed by atoms with Gasteiger partial charge in [-0.3, -0.25) is 0 Å². The number of imidazole rings is 1. The third-order valence-corrected chi connectivity index (χ3v) is 4.85. The van der Waals surface area contributed by atoms with Gasteiger partial charge in [0.25, 0.3) is 0 Å². The largest absolute Gasteiger partial charge is 0.312 e. The first-order chi connectivity index (χ1) is 10.4. The zero-order valence-corrected chi connectivity index (χ0v) is 14.5. The predicted molar refractivity (Wildman–Crippen MR) is 91.4 cm³/mol. The molecule has 120 valence electrons. The van der Waals surface area contributed by atoms with E-state index >= 15 is 0 Å². The van der Waals surface area contributed by atoms with Crippen LogP contribution in [0.25, 0.3) is 11.2 Å². The fourth-order valence-corrected chi connectivity index (χ4v) is 3.87. The van der Waals surface area contributed by atoms with Crippen LogP contribution in [0.5, 0.6) is 0 Å². The molecule has 0 unspecified atom stereocenters. The van der Waals surface area contributed by atoms with Crippen molar-refractivity contribution in [3.05, 3.63) is 17.5 Å². The molecular formula is C15H21ClN4OS. The van der Waals surface area contributed by atoms with Crippen molar-refractivity contribution >= 4 is 38.2 Å². The molecule has 0 saturated heterocycles. The number of hydrogen-bond donors (Lipinski definition) is 0. The number of halogens is 1. The zero-order chi connectivity index (χ0) is 15.7. The van der Waals surface area contributed by atoms with Crippen LogP contribution in [-0.4, -0.2) is 31.3 Å². The van der Waals surface area contributed by atoms with Gasteiger partial charge in [0.15, 0.2) is 5.65 Å². The summed E-state index contributed by atoms with van der Waals surface area (Å²) in [7, 11) is -2.27. The van der Waals surface area contributed by atoms with E-state index in [-0.39, 0.29) is 0 Å². The van der Waals surface area contributed by atoms with Gasteiger partial charge < -0.3 is 4.57 Å². The molecular weight excluding hydrogens is 320 g/mol. The van der Waals surface area contributed by atoms with Gasteiger partial charge in [0.05, 0.1) is 6.33 Å². The van der Waals surface area contributed by atoms with Gasteiger partial charge in [-0.05, 0) is 12.8 Å². The van der Waals surface area contributed by atoms with E-state index in [0.29, 0.717) is 22.4 Å². The molecule has 0 aliphatic heterocycles. The lowest BCUT2D eigenvalue weighted by Gasteiger charge is -2.16. The maximum atomic E-state index is 12.0. The van der Waals surface area contributed by atoms with Gasteiger partial charge in [0.2, 0.25) is 0 Å². The summed E-state index contributed by atoms with van der Waals surface area (Å²) in [5.74, 6) is 0. The third-order valence-electron chi connectivity index (χ3n) is 4.02. The van der Waals surface area contributed by atoms with Gasteiger partial charge in [-0.25, -0.2) is 14.2 Å². The van der Waals surface area contributed by atoms with E-state index in [9.17, 15) is 4.21 Å². The second kappa shape index (κ2) is 6.16. The minimum atomic E-state index is -2.27. The van der Waals surface area contributed by atoms with E-state index in [1.54, 1.807) is 18.6 Å². The van der Waals surface area contributed by atoms with Gasteiger partial charge >= 0.3 is 0 Å². The molecule has 3 rings (SSSR count). The van der Waals surface area contributed by atoms with Crippen molar-refractivity contribution in [3.8, 4) is 0 Å². The van der Waals surface area contributed by atoms with E-state index < -0.39 is 9.73 Å². The highest BCUT2D eigenvalue weighted by molar-refractivity contribution is 7.92. The summed E-state index contributed by atoms with van der Waals surface area (Å²) in [6, 6.07) is 2.06. The molecule has 0 amide bonds. The SMILES string of the molecule is CS(C)(=O)=Nc1cc(Cl)nc2c1ncn2C1CCCCCC1. The molecule has 2 heterocycles. The number of nitrogens with zero attached hydrogens (tertiary/aromatic N) is 4. The molecule has 0 atom stereocenters. The average molecular weight is 341 g/mol. The van der Waals surface area contributed by atoms with E-state index in [0.717, 1.165) is 18.5 Å². The van der Waals surface area contributed by atoms with Crippen LogP contribution in [0.3, 0.4) is 0 Å². The summed E-state index contributed by atoms with van der Waals surface area (Å²) in [5, 5.41) is 0.366. The molecule has 22 heavy (non-hydrogen) atoms. The summed E-state index contributed by atoms with van der Waals surface area (Å²) in [4.78, 5) is 8.92. The first-order valence-electron chi connectivity index (χ1n) is 7.64. The van der Waals surface area contributed by atoms with Crippen LogP contribution >= 0.6 is 11.6 Å². The Bertz CT molecular complexity index is 791. The Hall–Kier alpha value is -1.14. The molecule has 1 aliphatic rings. The number of aromatic nitrogens is 3. The molecule has 0 bridgehead atoms. The molecule has 1 saturated carbocycles. The van der Waals surface area contributed by atoms with Crippen molar-refractivity contribution < 1.29 is 4.21 Å². The topological polar surface area (TPSA) is 60.1 Å². The number of rotatable bonds is 2. The Labute approximate surface area is 136 Å². The molecule has 0 spiro atoms. The summed E-state index contributed by atoms with van der Waals surface area (Å²) in [5.41, 5.74) is 2.00. The Morgan fingerprint density at radius 3 is 2.59 bits per heavy atom. The summed E-state index contributed by atoms with van der Waals surface area (Å²) < 4.78 is 18.4. The van der Waals surface area contributed by atoms with E-state index in [2.05, 4.69) is 18.9 Å². The molecule has 1 aliphatic carbocycles. The van der Waals surface area contributed by atoms with Crippen LogP contribution in [0.2, 0.25) is 5.15 Å². The molecule has 1 fully saturated rings. The molecule has 5 nitrogen and oxygen atoms in total. The molecule has 0 N–H and O–H groups in total. The normalized spacial score (nSPS) is 17.6. The van der Waals surface area contributed by atoms with E-state index in [1.165, 1.54) is 25.7 Å². The fraction of sp³-hybridized carbons (Fsp3) is 0.600. The predicted octanol–water partition coefficient (Wildman–Crippen LogP) is 4.34. The highest BCUT2D eigenvalue weighted by Crippen LogP contribution is 2.33. The molecule has 7 heteroatoms. The van der Waals surface area contributed by atoms with Gasteiger partial charge in [-0.15, -0.1) is 0 Å². The van der Waals surface area contributed by atoms with Crippen LogP contribution < -0.4 is 0 Å². The minimum absolute atomic E-state index is 0.366. The molecule has 2 aromatic heterocycles. The van der Waals surface area contributed by atoms with E-state index in [4.69, 9.17) is 11.6 Å². The monoisotopic (exact) mass is 340 g/mol. The van der Waals surface area contributed by atoms with Crippen LogP contribution in [0, 0.1) is 0 Å². The number of pyridine rings is 1. The van der Waals surface area contributed by atoms with Crippen molar-refractivity contribution in [1.29, 1.82) is 0 Å². The lowest BCUT2D eigenvalue weighted by molar-refractivity contribution is 0.451. The zero-order valence-electron chi connectivity index (χ0n) is 13.0. The van der Waals surface area contributed by atoms with Crippen molar-refractivity contribution in [3.63, 3.8) is 0 Å². The maximum Gasteiger partial charge on any atom is 0.164 e. The van der Waals surface area contributed by atoms with Crippen LogP contribution in [0.1, 0.15) is 44.6 Å². The van der Waals surface area contributed by atoms with Gasteiger partial charge in [0, 0.05) is 34.3 Å². The minimum Gasteiger partial charge on any atom is -0.312 e. The Kier molecular flexibility index (Phi) is 4.41. The highest BCUT2D eigenvalue weighted by atomic mass is 35.5. The molecule has 0 aromatic carbocycles. The Balaban J connectivity index is 2.13. The third kappa shape index (κ3) is 3.43. The van der Waals surface area contributed by atoms with Gasteiger partial charge in [-0.1, -0.05) is 37.3 Å². The van der Waals surface area contributed by atoms with Crippen molar-refractivity contribution in [2.75, 3.05) is 12.5 Å². The summed E-state index contributed by atoms with van der Waals surface area (Å²) >= 11 is 6.15. The second-order valence-electron chi connectivity index (χ2n) is 6.21. The smallest absolute Gasteiger partial charge is 0.164 e. The summed E-state index contributed by atoms with van der Waals surface area (Å²) in [6.45, 7) is 0. The highest BCUT2D eigenvalue weighted by Gasteiger charge is 2.19. The lowest BCUT2D eigenvalue weighted by atomic mass is 10.1. The Morgan fingerprint density at radius 1 is 1.27 bits per heavy atom. The van der Waals surface area contributed by atoms with Crippen LogP contribution in [0.4, 0.5) is 5.69 Å². The van der Waals surface area contributed by atoms with Gasteiger partial charge in [-0.2, -0.15) is 4.36 Å². The maximum absolute atomic E-state index is 12.0. The second-order valence-corrected chi connectivity index (χ2v) is 9.14. The fourth-order valence-electron chi connectivity index (χ4n) is 3.07. The summed E-state index contributed by atoms with van der Waals surface area (Å²) in [6.07, 6.45) is 12.4. The number of fused-ring (bicyclic) bond motifs is 1. The van der Waals surface area contributed by atoms with Crippen molar-refractivity contribution in [2.24, 2.45) is 4.36 Å². The average Bonchev–Trinajstić information content (AvgIpc) is 2.66. The lowest BCUT2D eigenvalue weighted by Crippen LogP contribution is -2.07. The quantitative estimate of drug-likeness (QED) is 0.603. The van der Waals surface area contributed by atoms with Crippen molar-refractivity contribution in [1.82, 2.24) is 14.5 Å². The van der Waals surface area contributed by atoms with Crippen LogP contribution in [-0.2, 0) is 9.73 Å². The first kappa shape index (κ1) is 15.7. The Morgan fingerprint density at radius 2 is 1.95 bits per heavy atom.